The van der Waals surface area contributed by atoms with Crippen molar-refractivity contribution in [3.05, 3.63) is 54.0 Å². The van der Waals surface area contributed by atoms with E-state index in [1.807, 2.05) is 32.9 Å². The number of para-hydroxylation sites is 1. The summed E-state index contributed by atoms with van der Waals surface area (Å²) >= 11 is 0. The Morgan fingerprint density at radius 1 is 1.12 bits per heavy atom. The van der Waals surface area contributed by atoms with E-state index in [2.05, 4.69) is 10.6 Å². The fourth-order valence-corrected chi connectivity index (χ4v) is 2.08. The summed E-state index contributed by atoms with van der Waals surface area (Å²) in [6.07, 6.45) is 1.59. The third-order valence-electron chi connectivity index (χ3n) is 3.90. The van der Waals surface area contributed by atoms with Crippen LogP contribution in [0.25, 0.3) is 0 Å². The lowest BCUT2D eigenvalue weighted by atomic mass is 10.1. The molecule has 0 bridgehead atoms. The molecule has 2 rings (SSSR count). The maximum absolute atomic E-state index is 12.3. The molecule has 0 unspecified atom stereocenters. The number of amides is 1. The quantitative estimate of drug-likeness (QED) is 0.719. The normalized spacial score (nSPS) is 11.8. The molecule has 1 atom stereocenters. The van der Waals surface area contributed by atoms with Crippen molar-refractivity contribution >= 4 is 17.6 Å². The molecule has 0 saturated carbocycles. The molecule has 6 nitrogen and oxygen atoms in total. The Morgan fingerprint density at radius 2 is 1.88 bits per heavy atom. The lowest BCUT2D eigenvalue weighted by molar-refractivity contribution is -0.125. The van der Waals surface area contributed by atoms with Gasteiger partial charge < -0.3 is 19.8 Å². The number of nitrogens with one attached hydrogen (secondary N) is 2. The van der Waals surface area contributed by atoms with Gasteiger partial charge in [0.2, 0.25) is 0 Å². The second kappa shape index (κ2) is 8.92. The second-order valence-electron chi connectivity index (χ2n) is 6.15. The summed E-state index contributed by atoms with van der Waals surface area (Å²) in [4.78, 5) is 24.1. The summed E-state index contributed by atoms with van der Waals surface area (Å²) in [6, 6.07) is 10.7. The number of benzene rings is 1. The average Bonchev–Trinajstić information content (AvgIpc) is 3.11. The Balaban J connectivity index is 1.91. The first kappa shape index (κ1) is 18.6. The van der Waals surface area contributed by atoms with Crippen molar-refractivity contribution in [1.82, 2.24) is 5.32 Å². The topological polar surface area (TPSA) is 80.6 Å². The highest BCUT2D eigenvalue weighted by Crippen LogP contribution is 2.17. The van der Waals surface area contributed by atoms with Gasteiger partial charge in [-0.05, 0) is 37.1 Å². The van der Waals surface area contributed by atoms with E-state index >= 15 is 0 Å². The first-order chi connectivity index (χ1) is 12.0. The summed E-state index contributed by atoms with van der Waals surface area (Å²) in [5.74, 6) is 0.210. The molecule has 1 aromatic heterocycles. The molecular formula is C19H24N2O4. The largest absolute Gasteiger partial charge is 0.467 e. The van der Waals surface area contributed by atoms with Gasteiger partial charge in [0.05, 0.1) is 18.4 Å². The minimum Gasteiger partial charge on any atom is -0.467 e. The van der Waals surface area contributed by atoms with Crippen LogP contribution in [-0.2, 0) is 16.1 Å². The number of carbonyl (C=O) groups excluding carboxylic acids is 2. The lowest BCUT2D eigenvalue weighted by Gasteiger charge is -2.17. The molecule has 1 aromatic carbocycles. The van der Waals surface area contributed by atoms with E-state index in [-0.39, 0.29) is 18.6 Å². The summed E-state index contributed by atoms with van der Waals surface area (Å²) in [6.45, 7) is 6.08. The summed E-state index contributed by atoms with van der Waals surface area (Å²) in [7, 11) is 0. The van der Waals surface area contributed by atoms with Gasteiger partial charge in [0, 0.05) is 11.7 Å². The van der Waals surface area contributed by atoms with Gasteiger partial charge in [-0.3, -0.25) is 4.79 Å². The maximum atomic E-state index is 12.3. The van der Waals surface area contributed by atoms with Gasteiger partial charge in [0.1, 0.15) is 5.76 Å². The Labute approximate surface area is 147 Å². The molecule has 0 radical (unpaired) electrons. The Kier molecular flexibility index (Phi) is 6.62. The first-order valence-corrected chi connectivity index (χ1v) is 8.29. The molecule has 2 aromatic rings. The Hall–Kier alpha value is -2.76. The number of anilines is 1. The molecule has 6 heteroatoms. The molecular weight excluding hydrogens is 320 g/mol. The van der Waals surface area contributed by atoms with Crippen LogP contribution < -0.4 is 10.6 Å². The van der Waals surface area contributed by atoms with Crippen LogP contribution >= 0.6 is 0 Å². The maximum Gasteiger partial charge on any atom is 0.340 e. The number of rotatable bonds is 8. The minimum atomic E-state index is -0.546. The first-order valence-electron chi connectivity index (χ1n) is 8.29. The standard InChI is InChI=1S/C19H24N2O4/c1-13(2)14(3)21-18(22)12-25-19(23)16-8-4-5-9-17(16)20-11-15-7-6-10-24-15/h4-10,13-14,20H,11-12H2,1-3H3,(H,21,22)/t14-/m1/s1. The van der Waals surface area contributed by atoms with Crippen molar-refractivity contribution in [3.8, 4) is 0 Å². The molecule has 0 aliphatic rings. The van der Waals surface area contributed by atoms with Crippen molar-refractivity contribution in [1.29, 1.82) is 0 Å². The third-order valence-corrected chi connectivity index (χ3v) is 3.90. The Morgan fingerprint density at radius 3 is 2.56 bits per heavy atom. The number of furan rings is 1. The van der Waals surface area contributed by atoms with Crippen molar-refractivity contribution in [3.63, 3.8) is 0 Å². The van der Waals surface area contributed by atoms with E-state index in [0.717, 1.165) is 5.76 Å². The minimum absolute atomic E-state index is 0.0217. The molecule has 0 saturated heterocycles. The van der Waals surface area contributed by atoms with Gasteiger partial charge >= 0.3 is 5.97 Å². The molecule has 0 spiro atoms. The summed E-state index contributed by atoms with van der Waals surface area (Å²) in [5.41, 5.74) is 0.999. The molecule has 0 aliphatic heterocycles. The van der Waals surface area contributed by atoms with Crippen LogP contribution in [0.4, 0.5) is 5.69 Å². The average molecular weight is 344 g/mol. The van der Waals surface area contributed by atoms with Gasteiger partial charge in [-0.15, -0.1) is 0 Å². The van der Waals surface area contributed by atoms with Crippen molar-refractivity contribution < 1.29 is 18.7 Å². The van der Waals surface area contributed by atoms with E-state index in [4.69, 9.17) is 9.15 Å². The highest BCUT2D eigenvalue weighted by Gasteiger charge is 2.16. The Bertz CT molecular complexity index is 695. The van der Waals surface area contributed by atoms with Crippen LogP contribution in [0.15, 0.2) is 47.1 Å². The fraction of sp³-hybridized carbons (Fsp3) is 0.368. The second-order valence-corrected chi connectivity index (χ2v) is 6.15. The molecule has 134 valence electrons. The van der Waals surface area contributed by atoms with E-state index < -0.39 is 5.97 Å². The van der Waals surface area contributed by atoms with Gasteiger partial charge in [0.15, 0.2) is 6.61 Å². The van der Waals surface area contributed by atoms with Crippen LogP contribution in [0.3, 0.4) is 0 Å². The zero-order valence-electron chi connectivity index (χ0n) is 14.7. The molecule has 0 fully saturated rings. The fourth-order valence-electron chi connectivity index (χ4n) is 2.08. The number of carbonyl (C=O) groups is 2. The summed E-state index contributed by atoms with van der Waals surface area (Å²) < 4.78 is 10.4. The monoisotopic (exact) mass is 344 g/mol. The SMILES string of the molecule is CC(C)[C@@H](C)NC(=O)COC(=O)c1ccccc1NCc1ccco1. The molecule has 0 aliphatic carbocycles. The number of esters is 1. The van der Waals surface area contributed by atoms with E-state index in [0.29, 0.717) is 23.7 Å². The zero-order valence-corrected chi connectivity index (χ0v) is 14.7. The van der Waals surface area contributed by atoms with Crippen LogP contribution in [0.2, 0.25) is 0 Å². The van der Waals surface area contributed by atoms with E-state index in [1.165, 1.54) is 0 Å². The predicted octanol–water partition coefficient (Wildman–Crippen LogP) is 3.21. The van der Waals surface area contributed by atoms with Gasteiger partial charge in [-0.2, -0.15) is 0 Å². The predicted molar refractivity (Wildman–Crippen MR) is 95.2 cm³/mol. The molecule has 25 heavy (non-hydrogen) atoms. The van der Waals surface area contributed by atoms with Crippen molar-refractivity contribution in [2.24, 2.45) is 5.92 Å². The van der Waals surface area contributed by atoms with Crippen molar-refractivity contribution in [2.45, 2.75) is 33.4 Å². The highest BCUT2D eigenvalue weighted by molar-refractivity contribution is 5.96. The van der Waals surface area contributed by atoms with Crippen LogP contribution in [-0.4, -0.2) is 24.5 Å². The third kappa shape index (κ3) is 5.67. The van der Waals surface area contributed by atoms with Gasteiger partial charge in [-0.1, -0.05) is 26.0 Å². The van der Waals surface area contributed by atoms with Crippen molar-refractivity contribution in [2.75, 3.05) is 11.9 Å². The van der Waals surface area contributed by atoms with Crippen LogP contribution in [0.5, 0.6) is 0 Å². The number of hydrogen-bond donors (Lipinski definition) is 2. The highest BCUT2D eigenvalue weighted by atomic mass is 16.5. The molecule has 2 N–H and O–H groups in total. The van der Waals surface area contributed by atoms with E-state index in [9.17, 15) is 9.59 Å². The van der Waals surface area contributed by atoms with Gasteiger partial charge in [-0.25, -0.2) is 4.79 Å². The number of hydrogen-bond acceptors (Lipinski definition) is 5. The zero-order chi connectivity index (χ0) is 18.2. The van der Waals surface area contributed by atoms with Crippen LogP contribution in [0.1, 0.15) is 36.9 Å². The number of ether oxygens (including phenoxy) is 1. The molecule has 1 heterocycles. The molecule has 1 amide bonds. The van der Waals surface area contributed by atoms with Gasteiger partial charge in [0.25, 0.3) is 5.91 Å². The summed E-state index contributed by atoms with van der Waals surface area (Å²) in [5, 5.41) is 5.94. The van der Waals surface area contributed by atoms with Crippen LogP contribution in [0, 0.1) is 5.92 Å². The smallest absolute Gasteiger partial charge is 0.340 e. The van der Waals surface area contributed by atoms with E-state index in [1.54, 1.807) is 30.5 Å². The lowest BCUT2D eigenvalue weighted by Crippen LogP contribution is -2.38.